The Kier molecular flexibility index (Phi) is 9.98. The lowest BCUT2D eigenvalue weighted by Crippen LogP contribution is -2.04. The van der Waals surface area contributed by atoms with E-state index < -0.39 is 0 Å². The van der Waals surface area contributed by atoms with Crippen LogP contribution < -0.4 is 9.47 Å². The summed E-state index contributed by atoms with van der Waals surface area (Å²) >= 11 is 0. The Morgan fingerprint density at radius 2 is 1.25 bits per heavy atom. The van der Waals surface area contributed by atoms with Gasteiger partial charge >= 0.3 is 0 Å². The monoisotopic (exact) mass is 383 g/mol. The minimum atomic E-state index is 0.525. The van der Waals surface area contributed by atoms with E-state index in [-0.39, 0.29) is 0 Å². The van der Waals surface area contributed by atoms with E-state index in [0.29, 0.717) is 5.71 Å². The molecule has 4 heteroatoms. The van der Waals surface area contributed by atoms with Crippen LogP contribution >= 0.6 is 0 Å². The van der Waals surface area contributed by atoms with Crippen LogP contribution in [-0.4, -0.2) is 24.6 Å². The van der Waals surface area contributed by atoms with Crippen molar-refractivity contribution >= 4 is 5.71 Å². The number of hydrogen-bond acceptors (Lipinski definition) is 4. The Balaban J connectivity index is 1.76. The number of oxime groups is 1. The van der Waals surface area contributed by atoms with Crippen LogP contribution in [0.25, 0.3) is 0 Å². The fraction of sp³-hybridized carbons (Fsp3) is 0.458. The largest absolute Gasteiger partial charge is 0.497 e. The highest BCUT2D eigenvalue weighted by molar-refractivity contribution is 6.12. The normalized spacial score (nSPS) is 11.4. The fourth-order valence-electron chi connectivity index (χ4n) is 3.17. The van der Waals surface area contributed by atoms with Gasteiger partial charge in [0.2, 0.25) is 0 Å². The first-order valence-corrected chi connectivity index (χ1v) is 10.4. The molecular weight excluding hydrogens is 350 g/mol. The van der Waals surface area contributed by atoms with Gasteiger partial charge in [-0.05, 0) is 55.0 Å². The second kappa shape index (κ2) is 12.8. The predicted molar refractivity (Wildman–Crippen MR) is 115 cm³/mol. The molecule has 0 heterocycles. The zero-order valence-corrected chi connectivity index (χ0v) is 17.2. The van der Waals surface area contributed by atoms with E-state index in [1.165, 1.54) is 44.9 Å². The lowest BCUT2D eigenvalue weighted by molar-refractivity contribution is 0.304. The van der Waals surface area contributed by atoms with E-state index in [4.69, 9.17) is 9.47 Å². The van der Waals surface area contributed by atoms with Crippen LogP contribution in [-0.2, 0) is 0 Å². The lowest BCUT2D eigenvalue weighted by Gasteiger charge is -2.09. The molecule has 0 fully saturated rings. The standard InChI is InChI=1S/C24H33NO3/c1-3-4-5-6-7-8-9-10-19-28-23-17-13-21(14-18-23)24(25-26)20-11-15-22(27-2)16-12-20/h11-18,26H,3-10,19H2,1-2H3/b25-24-. The minimum absolute atomic E-state index is 0.525. The Morgan fingerprint density at radius 1 is 0.750 bits per heavy atom. The summed E-state index contributed by atoms with van der Waals surface area (Å²) in [6, 6.07) is 15.1. The average molecular weight is 384 g/mol. The number of benzene rings is 2. The zero-order valence-electron chi connectivity index (χ0n) is 17.2. The van der Waals surface area contributed by atoms with Crippen molar-refractivity contribution < 1.29 is 14.7 Å². The van der Waals surface area contributed by atoms with E-state index >= 15 is 0 Å². The molecule has 0 unspecified atom stereocenters. The summed E-state index contributed by atoms with van der Waals surface area (Å²) in [6.07, 6.45) is 10.3. The molecule has 28 heavy (non-hydrogen) atoms. The van der Waals surface area contributed by atoms with Gasteiger partial charge in [0.1, 0.15) is 17.2 Å². The Morgan fingerprint density at radius 3 is 1.75 bits per heavy atom. The first kappa shape index (κ1) is 21.8. The van der Waals surface area contributed by atoms with E-state index in [0.717, 1.165) is 35.7 Å². The van der Waals surface area contributed by atoms with Crippen molar-refractivity contribution in [1.82, 2.24) is 0 Å². The van der Waals surface area contributed by atoms with Gasteiger partial charge in [-0.3, -0.25) is 0 Å². The summed E-state index contributed by atoms with van der Waals surface area (Å²) in [4.78, 5) is 0. The second-order valence-corrected chi connectivity index (χ2v) is 7.02. The number of methoxy groups -OCH3 is 1. The summed E-state index contributed by atoms with van der Waals surface area (Å²) in [5, 5.41) is 12.9. The maximum absolute atomic E-state index is 9.45. The zero-order chi connectivity index (χ0) is 20.0. The molecule has 4 nitrogen and oxygen atoms in total. The molecule has 152 valence electrons. The number of unbranched alkanes of at least 4 members (excludes halogenated alkanes) is 7. The van der Waals surface area contributed by atoms with E-state index in [2.05, 4.69) is 12.1 Å². The molecule has 0 aromatic heterocycles. The van der Waals surface area contributed by atoms with E-state index in [1.54, 1.807) is 7.11 Å². The van der Waals surface area contributed by atoms with Crippen molar-refractivity contribution in [1.29, 1.82) is 0 Å². The van der Waals surface area contributed by atoms with Crippen LogP contribution in [0.4, 0.5) is 0 Å². The number of hydrogen-bond donors (Lipinski definition) is 1. The third-order valence-corrected chi connectivity index (χ3v) is 4.86. The van der Waals surface area contributed by atoms with Gasteiger partial charge in [0.25, 0.3) is 0 Å². The lowest BCUT2D eigenvalue weighted by atomic mass is 10.0. The molecule has 0 aliphatic heterocycles. The highest BCUT2D eigenvalue weighted by Crippen LogP contribution is 2.19. The summed E-state index contributed by atoms with van der Waals surface area (Å²) in [5.74, 6) is 1.62. The quantitative estimate of drug-likeness (QED) is 0.187. The average Bonchev–Trinajstić information content (AvgIpc) is 2.74. The van der Waals surface area contributed by atoms with Crippen LogP contribution in [0.5, 0.6) is 11.5 Å². The van der Waals surface area contributed by atoms with Gasteiger partial charge in [0.15, 0.2) is 0 Å². The van der Waals surface area contributed by atoms with Gasteiger partial charge in [-0.1, -0.05) is 57.0 Å². The van der Waals surface area contributed by atoms with Gasteiger partial charge in [-0.25, -0.2) is 0 Å². The maximum Gasteiger partial charge on any atom is 0.119 e. The maximum atomic E-state index is 9.45. The summed E-state index contributed by atoms with van der Waals surface area (Å²) in [7, 11) is 1.63. The SMILES string of the molecule is CCCCCCCCCCOc1ccc(/C(=N\O)c2ccc(OC)cc2)cc1. The minimum Gasteiger partial charge on any atom is -0.497 e. The van der Waals surface area contributed by atoms with Gasteiger partial charge < -0.3 is 14.7 Å². The Labute approximate surface area is 169 Å². The number of rotatable bonds is 13. The molecule has 0 spiro atoms. The van der Waals surface area contributed by atoms with Gasteiger partial charge in [-0.15, -0.1) is 0 Å². The van der Waals surface area contributed by atoms with Crippen LogP contribution in [0.15, 0.2) is 53.7 Å². The summed E-state index contributed by atoms with van der Waals surface area (Å²) in [6.45, 7) is 2.99. The van der Waals surface area contributed by atoms with Crippen molar-refractivity contribution in [3.05, 3.63) is 59.7 Å². The molecular formula is C24H33NO3. The smallest absolute Gasteiger partial charge is 0.119 e. The second-order valence-electron chi connectivity index (χ2n) is 7.02. The third-order valence-electron chi connectivity index (χ3n) is 4.86. The summed E-state index contributed by atoms with van der Waals surface area (Å²) in [5.41, 5.74) is 2.19. The van der Waals surface area contributed by atoms with Crippen molar-refractivity contribution in [3.8, 4) is 11.5 Å². The molecule has 0 aliphatic rings. The predicted octanol–water partition coefficient (Wildman–Crippen LogP) is 6.44. The molecule has 2 rings (SSSR count). The number of nitrogens with zero attached hydrogens (tertiary/aromatic N) is 1. The third kappa shape index (κ3) is 7.26. The Bertz CT molecular complexity index is 693. The first-order chi connectivity index (χ1) is 13.8. The molecule has 0 bridgehead atoms. The molecule has 2 aromatic carbocycles. The van der Waals surface area contributed by atoms with Crippen LogP contribution in [0.3, 0.4) is 0 Å². The van der Waals surface area contributed by atoms with Crippen LogP contribution in [0.2, 0.25) is 0 Å². The molecule has 2 aromatic rings. The van der Waals surface area contributed by atoms with Crippen LogP contribution in [0.1, 0.15) is 69.4 Å². The van der Waals surface area contributed by atoms with Crippen molar-refractivity contribution in [2.24, 2.45) is 5.16 Å². The first-order valence-electron chi connectivity index (χ1n) is 10.4. The topological polar surface area (TPSA) is 51.0 Å². The molecule has 0 aliphatic carbocycles. The molecule has 1 N–H and O–H groups in total. The molecule has 0 atom stereocenters. The fourth-order valence-corrected chi connectivity index (χ4v) is 3.17. The van der Waals surface area contributed by atoms with Crippen molar-refractivity contribution in [2.75, 3.05) is 13.7 Å². The molecule has 0 saturated heterocycles. The van der Waals surface area contributed by atoms with Crippen molar-refractivity contribution in [3.63, 3.8) is 0 Å². The summed E-state index contributed by atoms with van der Waals surface area (Å²) < 4.78 is 11.0. The van der Waals surface area contributed by atoms with Crippen molar-refractivity contribution in [2.45, 2.75) is 58.3 Å². The van der Waals surface area contributed by atoms with E-state index in [1.807, 2.05) is 48.5 Å². The number of ether oxygens (including phenoxy) is 2. The van der Waals surface area contributed by atoms with Crippen LogP contribution in [0, 0.1) is 0 Å². The molecule has 0 radical (unpaired) electrons. The van der Waals surface area contributed by atoms with Gasteiger partial charge in [-0.2, -0.15) is 0 Å². The van der Waals surface area contributed by atoms with Gasteiger partial charge in [0.05, 0.1) is 13.7 Å². The Hall–Kier alpha value is -2.49. The molecule has 0 amide bonds. The van der Waals surface area contributed by atoms with Gasteiger partial charge in [0, 0.05) is 11.1 Å². The highest BCUT2D eigenvalue weighted by Gasteiger charge is 2.08. The van der Waals surface area contributed by atoms with E-state index in [9.17, 15) is 5.21 Å². The molecule has 0 saturated carbocycles. The highest BCUT2D eigenvalue weighted by atomic mass is 16.5.